The average molecular weight is 361 g/mol. The number of rotatable bonds is 2. The molecular formula is C18H23N3O3S. The lowest BCUT2D eigenvalue weighted by Crippen LogP contribution is -2.54. The van der Waals surface area contributed by atoms with Crippen LogP contribution in [0.1, 0.15) is 43.0 Å². The van der Waals surface area contributed by atoms with E-state index >= 15 is 0 Å². The zero-order valence-corrected chi connectivity index (χ0v) is 15.2. The van der Waals surface area contributed by atoms with E-state index in [1.807, 2.05) is 18.4 Å². The lowest BCUT2D eigenvalue weighted by Gasteiger charge is -2.37. The van der Waals surface area contributed by atoms with Gasteiger partial charge in [0, 0.05) is 18.0 Å². The van der Waals surface area contributed by atoms with E-state index in [-0.39, 0.29) is 24.3 Å². The summed E-state index contributed by atoms with van der Waals surface area (Å²) in [5.41, 5.74) is 0.386. The van der Waals surface area contributed by atoms with Crippen LogP contribution in [0.25, 0.3) is 0 Å². The van der Waals surface area contributed by atoms with E-state index in [9.17, 15) is 14.4 Å². The first-order valence-corrected chi connectivity index (χ1v) is 9.86. The first-order valence-electron chi connectivity index (χ1n) is 8.98. The standard InChI is InChI=1S/C18H23N3O3S/c1-12-4-2-3-7-18(12)16(23)21(17(24)19-18)11-15(22)20-8-5-14-13(10-20)6-9-25-14/h6,9,12H,2-5,7-8,10-11H2,1H3,(H,19,24)/t12-,18-/m0/s1. The summed E-state index contributed by atoms with van der Waals surface area (Å²) in [6, 6.07) is 1.63. The molecule has 6 nitrogen and oxygen atoms in total. The third-order valence-corrected chi connectivity index (χ3v) is 6.98. The van der Waals surface area contributed by atoms with Gasteiger partial charge in [-0.1, -0.05) is 19.8 Å². The van der Waals surface area contributed by atoms with Gasteiger partial charge in [-0.25, -0.2) is 4.79 Å². The van der Waals surface area contributed by atoms with Crippen LogP contribution in [0, 0.1) is 5.92 Å². The number of fused-ring (bicyclic) bond motifs is 1. The number of urea groups is 1. The minimum atomic E-state index is -0.794. The van der Waals surface area contributed by atoms with Gasteiger partial charge in [-0.05, 0) is 42.2 Å². The minimum Gasteiger partial charge on any atom is -0.336 e. The van der Waals surface area contributed by atoms with Gasteiger partial charge < -0.3 is 10.2 Å². The van der Waals surface area contributed by atoms with Gasteiger partial charge in [-0.3, -0.25) is 14.5 Å². The van der Waals surface area contributed by atoms with Crippen molar-refractivity contribution in [3.05, 3.63) is 21.9 Å². The van der Waals surface area contributed by atoms with E-state index in [2.05, 4.69) is 5.32 Å². The Morgan fingerprint density at radius 1 is 1.40 bits per heavy atom. The van der Waals surface area contributed by atoms with Crippen LogP contribution < -0.4 is 5.32 Å². The van der Waals surface area contributed by atoms with Crippen LogP contribution in [-0.2, 0) is 22.6 Å². The van der Waals surface area contributed by atoms with Gasteiger partial charge in [0.15, 0.2) is 0 Å². The quantitative estimate of drug-likeness (QED) is 0.821. The lowest BCUT2D eigenvalue weighted by molar-refractivity contribution is -0.141. The zero-order valence-electron chi connectivity index (χ0n) is 14.4. The molecule has 1 saturated heterocycles. The lowest BCUT2D eigenvalue weighted by atomic mass is 9.73. The Hall–Kier alpha value is -1.89. The van der Waals surface area contributed by atoms with Crippen LogP contribution in [0.2, 0.25) is 0 Å². The summed E-state index contributed by atoms with van der Waals surface area (Å²) in [6.45, 7) is 3.09. The molecular weight excluding hydrogens is 338 g/mol. The highest BCUT2D eigenvalue weighted by atomic mass is 32.1. The Morgan fingerprint density at radius 3 is 3.04 bits per heavy atom. The van der Waals surface area contributed by atoms with Gasteiger partial charge >= 0.3 is 6.03 Å². The van der Waals surface area contributed by atoms with Crippen LogP contribution in [0.5, 0.6) is 0 Å². The highest BCUT2D eigenvalue weighted by molar-refractivity contribution is 7.10. The fourth-order valence-corrected chi connectivity index (χ4v) is 5.23. The molecule has 0 aromatic carbocycles. The molecule has 1 spiro atoms. The first kappa shape index (κ1) is 16.6. The molecule has 4 amide bonds. The summed E-state index contributed by atoms with van der Waals surface area (Å²) in [5.74, 6) is -0.256. The number of nitrogens with zero attached hydrogens (tertiary/aromatic N) is 2. The molecule has 4 rings (SSSR count). The highest BCUT2D eigenvalue weighted by Gasteiger charge is 2.55. The Balaban J connectivity index is 1.46. The van der Waals surface area contributed by atoms with Crippen LogP contribution in [-0.4, -0.2) is 46.3 Å². The Morgan fingerprint density at radius 2 is 2.24 bits per heavy atom. The predicted molar refractivity (Wildman–Crippen MR) is 94.0 cm³/mol. The summed E-state index contributed by atoms with van der Waals surface area (Å²) in [5, 5.41) is 4.95. The molecule has 2 fully saturated rings. The Kier molecular flexibility index (Phi) is 4.06. The number of carbonyl (C=O) groups is 3. The maximum Gasteiger partial charge on any atom is 0.325 e. The summed E-state index contributed by atoms with van der Waals surface area (Å²) < 4.78 is 0. The number of hydrogen-bond donors (Lipinski definition) is 1. The van der Waals surface area contributed by atoms with Gasteiger partial charge in [0.05, 0.1) is 0 Å². The molecule has 1 aromatic heterocycles. The van der Waals surface area contributed by atoms with Crippen molar-refractivity contribution in [2.24, 2.45) is 5.92 Å². The van der Waals surface area contributed by atoms with Crippen molar-refractivity contribution in [3.63, 3.8) is 0 Å². The second-order valence-electron chi connectivity index (χ2n) is 7.37. The summed E-state index contributed by atoms with van der Waals surface area (Å²) in [7, 11) is 0. The van der Waals surface area contributed by atoms with Crippen molar-refractivity contribution in [3.8, 4) is 0 Å². The fraction of sp³-hybridized carbons (Fsp3) is 0.611. The maximum atomic E-state index is 13.0. The van der Waals surface area contributed by atoms with Crippen molar-refractivity contribution in [1.82, 2.24) is 15.1 Å². The second kappa shape index (κ2) is 6.12. The largest absolute Gasteiger partial charge is 0.336 e. The van der Waals surface area contributed by atoms with Crippen LogP contribution in [0.3, 0.4) is 0 Å². The number of carbonyl (C=O) groups excluding carboxylic acids is 3. The molecule has 1 aromatic rings. The fourth-order valence-electron chi connectivity index (χ4n) is 4.34. The summed E-state index contributed by atoms with van der Waals surface area (Å²) in [4.78, 5) is 42.3. The minimum absolute atomic E-state index is 0.112. The van der Waals surface area contributed by atoms with E-state index in [1.165, 1.54) is 10.4 Å². The predicted octanol–water partition coefficient (Wildman–Crippen LogP) is 2.13. The highest BCUT2D eigenvalue weighted by Crippen LogP contribution is 2.38. The Bertz CT molecular complexity index is 731. The molecule has 1 N–H and O–H groups in total. The SMILES string of the molecule is C[C@H]1CCCC[C@]12NC(=O)N(CC(=O)N1CCc3sccc3C1)C2=O. The molecule has 1 aliphatic carbocycles. The third-order valence-electron chi connectivity index (χ3n) is 5.96. The molecule has 25 heavy (non-hydrogen) atoms. The summed E-state index contributed by atoms with van der Waals surface area (Å²) >= 11 is 1.72. The van der Waals surface area contributed by atoms with Gasteiger partial charge in [0.25, 0.3) is 5.91 Å². The van der Waals surface area contributed by atoms with Gasteiger partial charge in [0.1, 0.15) is 12.1 Å². The van der Waals surface area contributed by atoms with Crippen molar-refractivity contribution >= 4 is 29.2 Å². The van der Waals surface area contributed by atoms with Gasteiger partial charge in [-0.15, -0.1) is 11.3 Å². The molecule has 2 atom stereocenters. The molecule has 134 valence electrons. The van der Waals surface area contributed by atoms with Crippen molar-refractivity contribution in [2.75, 3.05) is 13.1 Å². The van der Waals surface area contributed by atoms with Crippen LogP contribution in [0.4, 0.5) is 4.79 Å². The van der Waals surface area contributed by atoms with Crippen LogP contribution in [0.15, 0.2) is 11.4 Å². The molecule has 7 heteroatoms. The number of imide groups is 1. The molecule has 0 unspecified atom stereocenters. The van der Waals surface area contributed by atoms with Crippen LogP contribution >= 0.6 is 11.3 Å². The Labute approximate surface area is 151 Å². The normalized spacial score (nSPS) is 29.1. The average Bonchev–Trinajstić information content (AvgIpc) is 3.16. The molecule has 0 radical (unpaired) electrons. The molecule has 3 heterocycles. The number of nitrogens with one attached hydrogen (secondary N) is 1. The number of hydrogen-bond acceptors (Lipinski definition) is 4. The summed E-state index contributed by atoms with van der Waals surface area (Å²) in [6.07, 6.45) is 4.47. The van der Waals surface area contributed by atoms with Gasteiger partial charge in [0.2, 0.25) is 5.91 Å². The number of thiophene rings is 1. The molecule has 2 aliphatic heterocycles. The van der Waals surface area contributed by atoms with E-state index < -0.39 is 11.6 Å². The van der Waals surface area contributed by atoms with Crippen molar-refractivity contribution in [1.29, 1.82) is 0 Å². The molecule has 3 aliphatic rings. The number of amides is 4. The monoisotopic (exact) mass is 361 g/mol. The van der Waals surface area contributed by atoms with E-state index in [0.29, 0.717) is 19.5 Å². The van der Waals surface area contributed by atoms with E-state index in [0.717, 1.165) is 30.6 Å². The molecule has 0 bridgehead atoms. The van der Waals surface area contributed by atoms with Crippen molar-refractivity contribution in [2.45, 2.75) is 51.1 Å². The van der Waals surface area contributed by atoms with Crippen molar-refractivity contribution < 1.29 is 14.4 Å². The van der Waals surface area contributed by atoms with E-state index in [4.69, 9.17) is 0 Å². The van der Waals surface area contributed by atoms with E-state index in [1.54, 1.807) is 16.2 Å². The van der Waals surface area contributed by atoms with Gasteiger partial charge in [-0.2, -0.15) is 0 Å². The topological polar surface area (TPSA) is 69.7 Å². The maximum absolute atomic E-state index is 13.0. The second-order valence-corrected chi connectivity index (χ2v) is 8.37. The smallest absolute Gasteiger partial charge is 0.325 e. The zero-order chi connectivity index (χ0) is 17.6. The first-order chi connectivity index (χ1) is 12.0. The molecule has 1 saturated carbocycles. The third kappa shape index (κ3) is 2.65.